The summed E-state index contributed by atoms with van der Waals surface area (Å²) < 4.78 is 11.3. The number of allylic oxidation sites excluding steroid dienone is 1. The number of hydrogen-bond acceptors (Lipinski definition) is 4. The first-order chi connectivity index (χ1) is 19.2. The van der Waals surface area contributed by atoms with E-state index in [4.69, 9.17) is 15.2 Å². The average Bonchev–Trinajstić information content (AvgIpc) is 3.01. The fraction of sp³-hybridized carbons (Fsp3) is 0. The molecule has 39 heavy (non-hydrogen) atoms. The van der Waals surface area contributed by atoms with E-state index in [1.165, 1.54) is 0 Å². The van der Waals surface area contributed by atoms with Gasteiger partial charge in [-0.3, -0.25) is 0 Å². The largest absolute Gasteiger partial charge is 0.440 e. The zero-order valence-corrected chi connectivity index (χ0v) is 22.1. The van der Waals surface area contributed by atoms with Crippen LogP contribution in [0.1, 0.15) is 5.56 Å². The average molecular weight is 524 g/mol. The fourth-order valence-corrected chi connectivity index (χ4v) is 5.98. The molecule has 0 saturated carbocycles. The Morgan fingerprint density at radius 1 is 0.641 bits per heavy atom. The van der Waals surface area contributed by atoms with Gasteiger partial charge in [0.1, 0.15) is 17.4 Å². The van der Waals surface area contributed by atoms with Gasteiger partial charge in [0.05, 0.1) is 13.8 Å². The lowest BCUT2D eigenvalue weighted by Crippen LogP contribution is -2.18. The lowest BCUT2D eigenvalue weighted by Gasteiger charge is -2.17. The van der Waals surface area contributed by atoms with Gasteiger partial charge >= 0.3 is 0 Å². The SMILES string of the molecule is N#CC(/C(=N\P(c1ccccc1)c1ccccc1)c1ccccc1)=C(/N)Oc1cccc(-c2ccccc2)c1. The Balaban J connectivity index is 1.61. The maximum Gasteiger partial charge on any atom is 0.211 e. The Hall–Kier alpha value is -4.97. The highest BCUT2D eigenvalue weighted by Gasteiger charge is 2.21. The van der Waals surface area contributed by atoms with Crippen molar-refractivity contribution in [2.45, 2.75) is 0 Å². The summed E-state index contributed by atoms with van der Waals surface area (Å²) in [6, 6.07) is 49.9. The zero-order chi connectivity index (χ0) is 26.9. The van der Waals surface area contributed by atoms with E-state index >= 15 is 0 Å². The number of nitrogens with two attached hydrogens (primary N) is 1. The molecular formula is C34H26N3OP. The molecule has 2 N–H and O–H groups in total. The fourth-order valence-electron chi connectivity index (χ4n) is 4.12. The predicted molar refractivity (Wildman–Crippen MR) is 161 cm³/mol. The summed E-state index contributed by atoms with van der Waals surface area (Å²) in [4.78, 5) is 0. The smallest absolute Gasteiger partial charge is 0.211 e. The van der Waals surface area contributed by atoms with Crippen molar-refractivity contribution >= 4 is 24.4 Å². The molecule has 5 aromatic rings. The predicted octanol–water partition coefficient (Wildman–Crippen LogP) is 6.96. The Morgan fingerprint density at radius 2 is 1.15 bits per heavy atom. The van der Waals surface area contributed by atoms with E-state index in [-0.39, 0.29) is 11.5 Å². The third-order valence-corrected chi connectivity index (χ3v) is 7.99. The minimum atomic E-state index is -1.18. The zero-order valence-electron chi connectivity index (χ0n) is 21.2. The van der Waals surface area contributed by atoms with Crippen molar-refractivity contribution in [1.82, 2.24) is 0 Å². The van der Waals surface area contributed by atoms with Gasteiger partial charge in [-0.15, -0.1) is 0 Å². The van der Waals surface area contributed by atoms with Crippen molar-refractivity contribution in [3.8, 4) is 22.9 Å². The molecule has 0 saturated heterocycles. The lowest BCUT2D eigenvalue weighted by molar-refractivity contribution is 0.418. The molecule has 0 atom stereocenters. The van der Waals surface area contributed by atoms with Crippen LogP contribution in [-0.2, 0) is 0 Å². The minimum Gasteiger partial charge on any atom is -0.440 e. The van der Waals surface area contributed by atoms with E-state index < -0.39 is 8.07 Å². The molecule has 0 aliphatic rings. The Bertz CT molecular complexity index is 1590. The highest BCUT2D eigenvalue weighted by molar-refractivity contribution is 7.72. The number of hydrogen-bond donors (Lipinski definition) is 1. The van der Waals surface area contributed by atoms with Gasteiger partial charge in [-0.2, -0.15) is 5.26 Å². The highest BCUT2D eigenvalue weighted by Crippen LogP contribution is 2.37. The molecule has 5 aromatic carbocycles. The molecular weight excluding hydrogens is 497 g/mol. The summed E-state index contributed by atoms with van der Waals surface area (Å²) >= 11 is 0. The van der Waals surface area contributed by atoms with Gasteiger partial charge in [0.25, 0.3) is 0 Å². The molecule has 0 bridgehead atoms. The number of nitrogens with zero attached hydrogens (tertiary/aromatic N) is 2. The molecule has 0 fully saturated rings. The summed E-state index contributed by atoms with van der Waals surface area (Å²) in [6.45, 7) is 0. The molecule has 0 aliphatic carbocycles. The number of nitriles is 1. The molecule has 188 valence electrons. The summed E-state index contributed by atoms with van der Waals surface area (Å²) in [5, 5.41) is 12.5. The molecule has 0 unspecified atom stereocenters. The minimum absolute atomic E-state index is 0.00129. The van der Waals surface area contributed by atoms with Crippen molar-refractivity contribution in [1.29, 1.82) is 5.26 Å². The van der Waals surface area contributed by atoms with Gasteiger partial charge in [0, 0.05) is 16.2 Å². The monoisotopic (exact) mass is 523 g/mol. The Labute approximate surface area is 230 Å². The van der Waals surface area contributed by atoms with Crippen molar-refractivity contribution in [3.05, 3.63) is 163 Å². The van der Waals surface area contributed by atoms with Crippen LogP contribution in [0.25, 0.3) is 11.1 Å². The van der Waals surface area contributed by atoms with Gasteiger partial charge in [0.2, 0.25) is 5.88 Å². The van der Waals surface area contributed by atoms with E-state index in [1.54, 1.807) is 0 Å². The van der Waals surface area contributed by atoms with E-state index in [0.29, 0.717) is 11.5 Å². The summed E-state index contributed by atoms with van der Waals surface area (Å²) in [7, 11) is -1.18. The van der Waals surface area contributed by atoms with Gasteiger partial charge in [-0.1, -0.05) is 133 Å². The second kappa shape index (κ2) is 12.5. The van der Waals surface area contributed by atoms with Crippen molar-refractivity contribution < 1.29 is 4.74 Å². The third-order valence-electron chi connectivity index (χ3n) is 6.01. The number of rotatable bonds is 8. The molecule has 0 heterocycles. The standard InChI is InChI=1S/C34H26N3OP/c35-25-32(34(36)38-29-19-13-18-28(24-29)26-14-5-1-6-15-26)33(27-16-7-2-8-17-27)37-39(30-20-9-3-10-21-30)31-22-11-4-12-23-31/h1-24H,36H2/b34-32+,37-33-. The molecule has 0 aliphatic heterocycles. The molecule has 0 radical (unpaired) electrons. The maximum absolute atomic E-state index is 10.4. The van der Waals surface area contributed by atoms with Crippen molar-refractivity contribution in [3.63, 3.8) is 0 Å². The number of ether oxygens (including phenoxy) is 1. The topological polar surface area (TPSA) is 71.4 Å². The lowest BCUT2D eigenvalue weighted by atomic mass is 10.0. The van der Waals surface area contributed by atoms with Crippen LogP contribution in [0.5, 0.6) is 5.75 Å². The summed E-state index contributed by atoms with van der Waals surface area (Å²) in [5.41, 5.74) is 10.0. The van der Waals surface area contributed by atoms with E-state index in [2.05, 4.69) is 30.3 Å². The van der Waals surface area contributed by atoms with Gasteiger partial charge in [0.15, 0.2) is 0 Å². The third kappa shape index (κ3) is 6.30. The second-order valence-corrected chi connectivity index (χ2v) is 10.5. The summed E-state index contributed by atoms with van der Waals surface area (Å²) in [5.74, 6) is 0.545. The molecule has 5 heteroatoms. The van der Waals surface area contributed by atoms with Crippen LogP contribution in [0.4, 0.5) is 0 Å². The normalized spacial score (nSPS) is 11.9. The Kier molecular flexibility index (Phi) is 8.24. The highest BCUT2D eigenvalue weighted by atomic mass is 31.1. The summed E-state index contributed by atoms with van der Waals surface area (Å²) in [6.07, 6.45) is 0. The van der Waals surface area contributed by atoms with Crippen LogP contribution in [0, 0.1) is 11.3 Å². The first-order valence-electron chi connectivity index (χ1n) is 12.5. The molecule has 0 amide bonds. The van der Waals surface area contributed by atoms with Crippen LogP contribution in [0.3, 0.4) is 0 Å². The Morgan fingerprint density at radius 3 is 1.72 bits per heavy atom. The van der Waals surface area contributed by atoms with Crippen LogP contribution in [-0.4, -0.2) is 5.71 Å². The molecule has 0 aromatic heterocycles. The molecule has 0 spiro atoms. The van der Waals surface area contributed by atoms with E-state index in [0.717, 1.165) is 27.3 Å². The van der Waals surface area contributed by atoms with Crippen LogP contribution >= 0.6 is 8.07 Å². The van der Waals surface area contributed by atoms with Crippen LogP contribution < -0.4 is 21.1 Å². The van der Waals surface area contributed by atoms with Gasteiger partial charge in [-0.05, 0) is 23.3 Å². The first-order valence-corrected chi connectivity index (χ1v) is 13.8. The first kappa shape index (κ1) is 25.7. The maximum atomic E-state index is 10.4. The quantitative estimate of drug-likeness (QED) is 0.103. The molecule has 4 nitrogen and oxygen atoms in total. The van der Waals surface area contributed by atoms with Gasteiger partial charge < -0.3 is 10.5 Å². The second-order valence-electron chi connectivity index (χ2n) is 8.64. The van der Waals surface area contributed by atoms with Crippen molar-refractivity contribution in [2.24, 2.45) is 10.5 Å². The van der Waals surface area contributed by atoms with E-state index in [1.807, 2.05) is 121 Å². The van der Waals surface area contributed by atoms with E-state index in [9.17, 15) is 5.26 Å². The van der Waals surface area contributed by atoms with Crippen LogP contribution in [0.15, 0.2) is 162 Å². The molecule has 5 rings (SSSR count). The van der Waals surface area contributed by atoms with Crippen LogP contribution in [0.2, 0.25) is 0 Å². The number of benzene rings is 5. The van der Waals surface area contributed by atoms with Crippen molar-refractivity contribution in [2.75, 3.05) is 0 Å². The van der Waals surface area contributed by atoms with Gasteiger partial charge in [-0.25, -0.2) is 4.76 Å².